The van der Waals surface area contributed by atoms with Crippen LogP contribution in [-0.4, -0.2) is 4.83 Å². The lowest BCUT2D eigenvalue weighted by atomic mass is 10.1. The molecule has 1 atom stereocenters. The Bertz CT molecular complexity index is 110. The van der Waals surface area contributed by atoms with E-state index in [1.54, 1.807) is 0 Å². The van der Waals surface area contributed by atoms with E-state index < -0.39 is 0 Å². The number of rotatable bonds is 9. The van der Waals surface area contributed by atoms with Crippen LogP contribution in [0.1, 0.15) is 58.3 Å². The number of alkyl halides is 1. The first-order valence-electron chi connectivity index (χ1n) is 5.56. The van der Waals surface area contributed by atoms with E-state index in [1.807, 2.05) is 6.08 Å². The van der Waals surface area contributed by atoms with Gasteiger partial charge in [0.25, 0.3) is 0 Å². The summed E-state index contributed by atoms with van der Waals surface area (Å²) in [5.74, 6) is 0. The van der Waals surface area contributed by atoms with Gasteiger partial charge in [-0.05, 0) is 25.7 Å². The first kappa shape index (κ1) is 13.2. The smallest absolute Gasteiger partial charge is 0.0145 e. The van der Waals surface area contributed by atoms with E-state index in [0.717, 1.165) is 4.83 Å². The van der Waals surface area contributed by atoms with Gasteiger partial charge in [-0.2, -0.15) is 0 Å². The average molecular weight is 247 g/mol. The molecule has 0 aliphatic rings. The Hall–Kier alpha value is 0.220. The monoisotopic (exact) mass is 246 g/mol. The van der Waals surface area contributed by atoms with Crippen molar-refractivity contribution >= 4 is 15.9 Å². The van der Waals surface area contributed by atoms with Crippen LogP contribution in [0.15, 0.2) is 12.7 Å². The molecule has 0 N–H and O–H groups in total. The Kier molecular flexibility index (Phi) is 10.5. The Morgan fingerprint density at radius 1 is 1.15 bits per heavy atom. The maximum atomic E-state index is 3.73. The molecule has 78 valence electrons. The average Bonchev–Trinajstić information content (AvgIpc) is 2.14. The third-order valence-electron chi connectivity index (χ3n) is 2.30. The summed E-state index contributed by atoms with van der Waals surface area (Å²) < 4.78 is 0. The SMILES string of the molecule is C=CCCCCCC(Br)CCCC. The van der Waals surface area contributed by atoms with Crippen LogP contribution in [0.4, 0.5) is 0 Å². The second-order valence-electron chi connectivity index (χ2n) is 3.67. The van der Waals surface area contributed by atoms with E-state index in [-0.39, 0.29) is 0 Å². The summed E-state index contributed by atoms with van der Waals surface area (Å²) in [7, 11) is 0. The van der Waals surface area contributed by atoms with Crippen molar-refractivity contribution in [2.24, 2.45) is 0 Å². The van der Waals surface area contributed by atoms with Crippen molar-refractivity contribution in [2.45, 2.75) is 63.1 Å². The molecule has 0 nitrogen and oxygen atoms in total. The molecule has 0 aromatic rings. The molecule has 0 aromatic heterocycles. The zero-order chi connectivity index (χ0) is 9.94. The van der Waals surface area contributed by atoms with Gasteiger partial charge in [0, 0.05) is 4.83 Å². The second kappa shape index (κ2) is 10.3. The predicted octanol–water partition coefficient (Wildman–Crippen LogP) is 5.08. The van der Waals surface area contributed by atoms with E-state index in [4.69, 9.17) is 0 Å². The molecule has 0 bridgehead atoms. The minimum absolute atomic E-state index is 0.760. The largest absolute Gasteiger partial charge is 0.103 e. The van der Waals surface area contributed by atoms with Crippen LogP contribution in [0, 0.1) is 0 Å². The molecule has 0 spiro atoms. The molecular weight excluding hydrogens is 224 g/mol. The zero-order valence-corrected chi connectivity index (χ0v) is 10.5. The van der Waals surface area contributed by atoms with Crippen LogP contribution in [0.3, 0.4) is 0 Å². The minimum atomic E-state index is 0.760. The molecule has 0 aromatic carbocycles. The topological polar surface area (TPSA) is 0 Å². The van der Waals surface area contributed by atoms with Crippen LogP contribution in [0.25, 0.3) is 0 Å². The van der Waals surface area contributed by atoms with Crippen LogP contribution in [0.2, 0.25) is 0 Å². The number of hydrogen-bond donors (Lipinski definition) is 0. The third kappa shape index (κ3) is 10.1. The molecule has 0 radical (unpaired) electrons. The zero-order valence-electron chi connectivity index (χ0n) is 8.90. The normalized spacial score (nSPS) is 12.8. The number of halogens is 1. The molecule has 0 saturated heterocycles. The van der Waals surface area contributed by atoms with Crippen LogP contribution < -0.4 is 0 Å². The van der Waals surface area contributed by atoms with Gasteiger partial charge in [-0.1, -0.05) is 54.6 Å². The van der Waals surface area contributed by atoms with E-state index >= 15 is 0 Å². The highest BCUT2D eigenvalue weighted by atomic mass is 79.9. The summed E-state index contributed by atoms with van der Waals surface area (Å²) in [5.41, 5.74) is 0. The van der Waals surface area contributed by atoms with Crippen molar-refractivity contribution < 1.29 is 0 Å². The van der Waals surface area contributed by atoms with Crippen LogP contribution >= 0.6 is 15.9 Å². The molecule has 0 heterocycles. The summed E-state index contributed by atoms with van der Waals surface area (Å²) in [5, 5.41) is 0. The maximum Gasteiger partial charge on any atom is 0.0145 e. The lowest BCUT2D eigenvalue weighted by molar-refractivity contribution is 0.594. The van der Waals surface area contributed by atoms with Gasteiger partial charge in [0.05, 0.1) is 0 Å². The summed E-state index contributed by atoms with van der Waals surface area (Å²) in [4.78, 5) is 0.760. The quantitative estimate of drug-likeness (QED) is 0.303. The molecule has 13 heavy (non-hydrogen) atoms. The Morgan fingerprint density at radius 2 is 1.85 bits per heavy atom. The van der Waals surface area contributed by atoms with Crippen molar-refractivity contribution in [3.8, 4) is 0 Å². The molecule has 0 aliphatic heterocycles. The molecular formula is C12H23Br. The van der Waals surface area contributed by atoms with E-state index in [1.165, 1.54) is 51.4 Å². The lowest BCUT2D eigenvalue weighted by Crippen LogP contribution is -1.97. The first-order chi connectivity index (χ1) is 6.31. The van der Waals surface area contributed by atoms with Crippen molar-refractivity contribution in [1.29, 1.82) is 0 Å². The Labute approximate surface area is 91.9 Å². The first-order valence-corrected chi connectivity index (χ1v) is 6.47. The Balaban J connectivity index is 3.07. The highest BCUT2D eigenvalue weighted by Gasteiger charge is 2.01. The molecule has 0 rings (SSSR count). The maximum absolute atomic E-state index is 3.73. The minimum Gasteiger partial charge on any atom is -0.103 e. The van der Waals surface area contributed by atoms with Gasteiger partial charge in [-0.25, -0.2) is 0 Å². The fourth-order valence-corrected chi connectivity index (χ4v) is 2.05. The van der Waals surface area contributed by atoms with Gasteiger partial charge >= 0.3 is 0 Å². The van der Waals surface area contributed by atoms with Crippen molar-refractivity contribution in [2.75, 3.05) is 0 Å². The fraction of sp³-hybridized carbons (Fsp3) is 0.833. The molecule has 1 unspecified atom stereocenters. The molecule has 1 heteroatoms. The van der Waals surface area contributed by atoms with Gasteiger partial charge in [0.15, 0.2) is 0 Å². The predicted molar refractivity (Wildman–Crippen MR) is 65.5 cm³/mol. The van der Waals surface area contributed by atoms with E-state index in [2.05, 4.69) is 29.4 Å². The molecule has 0 saturated carbocycles. The van der Waals surface area contributed by atoms with Gasteiger partial charge < -0.3 is 0 Å². The van der Waals surface area contributed by atoms with Gasteiger partial charge in [0.2, 0.25) is 0 Å². The summed E-state index contributed by atoms with van der Waals surface area (Å²) in [6.45, 7) is 5.98. The standard InChI is InChI=1S/C12H23Br/c1-3-5-7-8-9-11-12(13)10-6-4-2/h3,12H,1,4-11H2,2H3. The molecule has 0 fully saturated rings. The number of unbranched alkanes of at least 4 members (excludes halogenated alkanes) is 4. The third-order valence-corrected chi connectivity index (χ3v) is 3.21. The van der Waals surface area contributed by atoms with Gasteiger partial charge in [-0.15, -0.1) is 6.58 Å². The van der Waals surface area contributed by atoms with Gasteiger partial charge in [0.1, 0.15) is 0 Å². The van der Waals surface area contributed by atoms with E-state index in [0.29, 0.717) is 0 Å². The molecule has 0 amide bonds. The second-order valence-corrected chi connectivity index (χ2v) is 4.96. The van der Waals surface area contributed by atoms with Crippen molar-refractivity contribution in [3.05, 3.63) is 12.7 Å². The van der Waals surface area contributed by atoms with E-state index in [9.17, 15) is 0 Å². The van der Waals surface area contributed by atoms with Crippen LogP contribution in [0.5, 0.6) is 0 Å². The highest BCUT2D eigenvalue weighted by molar-refractivity contribution is 9.09. The van der Waals surface area contributed by atoms with Gasteiger partial charge in [-0.3, -0.25) is 0 Å². The number of allylic oxidation sites excluding steroid dienone is 1. The highest BCUT2D eigenvalue weighted by Crippen LogP contribution is 2.17. The van der Waals surface area contributed by atoms with Crippen LogP contribution in [-0.2, 0) is 0 Å². The van der Waals surface area contributed by atoms with Crippen molar-refractivity contribution in [1.82, 2.24) is 0 Å². The summed E-state index contributed by atoms with van der Waals surface area (Å²) >= 11 is 3.73. The Morgan fingerprint density at radius 3 is 2.46 bits per heavy atom. The lowest BCUT2D eigenvalue weighted by Gasteiger charge is -2.07. The molecule has 0 aliphatic carbocycles. The summed E-state index contributed by atoms with van der Waals surface area (Å²) in [6, 6.07) is 0. The van der Waals surface area contributed by atoms with Crippen molar-refractivity contribution in [3.63, 3.8) is 0 Å². The number of hydrogen-bond acceptors (Lipinski definition) is 0. The fourth-order valence-electron chi connectivity index (χ4n) is 1.40. The summed E-state index contributed by atoms with van der Waals surface area (Å²) in [6.07, 6.45) is 12.6.